The smallest absolute Gasteiger partial charge is 0.340 e. The number of methoxy groups -OCH3 is 1. The number of aromatic amines is 1. The summed E-state index contributed by atoms with van der Waals surface area (Å²) in [6.45, 7) is 2.17. The van der Waals surface area contributed by atoms with Crippen LogP contribution < -0.4 is 0 Å². The minimum Gasteiger partial charge on any atom is -0.465 e. The third kappa shape index (κ3) is 2.40. The van der Waals surface area contributed by atoms with Gasteiger partial charge in [-0.3, -0.25) is 0 Å². The number of H-pyrrole nitrogens is 1. The molecule has 0 aliphatic heterocycles. The topological polar surface area (TPSA) is 42.1 Å². The van der Waals surface area contributed by atoms with Gasteiger partial charge < -0.3 is 9.72 Å². The molecule has 0 aliphatic carbocycles. The van der Waals surface area contributed by atoms with E-state index in [2.05, 4.69) is 11.9 Å². The van der Waals surface area contributed by atoms with E-state index < -0.39 is 0 Å². The van der Waals surface area contributed by atoms with Crippen LogP contribution in [0.3, 0.4) is 0 Å². The molecule has 0 amide bonds. The van der Waals surface area contributed by atoms with Crippen molar-refractivity contribution >= 4 is 16.9 Å². The molecule has 0 fully saturated rings. The standard InChI is InChI=1S/C15H19NO2/c1-3-4-5-10-13-14(15(17)18-2)11-8-6-7-9-12(11)16-13/h6-9,16H,3-5,10H2,1-2H3. The first kappa shape index (κ1) is 12.7. The van der Waals surface area contributed by atoms with Crippen molar-refractivity contribution in [1.82, 2.24) is 4.98 Å². The number of carbonyl (C=O) groups is 1. The summed E-state index contributed by atoms with van der Waals surface area (Å²) in [6, 6.07) is 7.86. The van der Waals surface area contributed by atoms with E-state index in [0.29, 0.717) is 5.56 Å². The highest BCUT2D eigenvalue weighted by Gasteiger charge is 2.18. The zero-order valence-electron chi connectivity index (χ0n) is 11.0. The summed E-state index contributed by atoms with van der Waals surface area (Å²) in [4.78, 5) is 15.2. The number of carbonyl (C=O) groups excluding carboxylic acids is 1. The van der Waals surface area contributed by atoms with Gasteiger partial charge in [0.2, 0.25) is 0 Å². The highest BCUT2D eigenvalue weighted by atomic mass is 16.5. The molecule has 1 heterocycles. The van der Waals surface area contributed by atoms with Crippen molar-refractivity contribution in [1.29, 1.82) is 0 Å². The van der Waals surface area contributed by atoms with Gasteiger partial charge in [0.1, 0.15) is 0 Å². The second-order valence-corrected chi connectivity index (χ2v) is 4.47. The minimum atomic E-state index is -0.251. The third-order valence-corrected chi connectivity index (χ3v) is 3.20. The lowest BCUT2D eigenvalue weighted by Crippen LogP contribution is -2.04. The molecular formula is C15H19NO2. The van der Waals surface area contributed by atoms with Crippen LogP contribution in [0.15, 0.2) is 24.3 Å². The Balaban J connectivity index is 2.40. The Morgan fingerprint density at radius 1 is 1.28 bits per heavy atom. The molecule has 1 aromatic carbocycles. The Bertz CT molecular complexity index is 542. The fourth-order valence-corrected chi connectivity index (χ4v) is 2.27. The van der Waals surface area contributed by atoms with E-state index in [9.17, 15) is 4.79 Å². The molecule has 0 unspecified atom stereocenters. The van der Waals surface area contributed by atoms with Gasteiger partial charge >= 0.3 is 5.97 Å². The first-order chi connectivity index (χ1) is 8.77. The Morgan fingerprint density at radius 2 is 2.06 bits per heavy atom. The van der Waals surface area contributed by atoms with Crippen LogP contribution in [-0.2, 0) is 11.2 Å². The lowest BCUT2D eigenvalue weighted by molar-refractivity contribution is 0.0601. The Labute approximate surface area is 107 Å². The van der Waals surface area contributed by atoms with Crippen molar-refractivity contribution in [3.63, 3.8) is 0 Å². The number of para-hydroxylation sites is 1. The molecule has 18 heavy (non-hydrogen) atoms. The molecule has 0 radical (unpaired) electrons. The van der Waals surface area contributed by atoms with Gasteiger partial charge in [-0.2, -0.15) is 0 Å². The summed E-state index contributed by atoms with van der Waals surface area (Å²) in [6.07, 6.45) is 4.34. The van der Waals surface area contributed by atoms with Crippen LogP contribution in [0.1, 0.15) is 42.2 Å². The molecule has 0 atom stereocenters. The van der Waals surface area contributed by atoms with Crippen molar-refractivity contribution in [3.05, 3.63) is 35.5 Å². The first-order valence-electron chi connectivity index (χ1n) is 6.45. The number of fused-ring (bicyclic) bond motifs is 1. The summed E-state index contributed by atoms with van der Waals surface area (Å²) < 4.78 is 4.89. The SMILES string of the molecule is CCCCCc1[nH]c2ccccc2c1C(=O)OC. The zero-order chi connectivity index (χ0) is 13.0. The highest BCUT2D eigenvalue weighted by molar-refractivity contribution is 6.05. The number of ether oxygens (including phenoxy) is 1. The van der Waals surface area contributed by atoms with Gasteiger partial charge in [-0.05, 0) is 18.9 Å². The van der Waals surface area contributed by atoms with Crippen LogP contribution in [-0.4, -0.2) is 18.1 Å². The second kappa shape index (κ2) is 5.71. The number of aromatic nitrogens is 1. The number of rotatable bonds is 5. The van der Waals surface area contributed by atoms with E-state index in [-0.39, 0.29) is 5.97 Å². The van der Waals surface area contributed by atoms with Crippen LogP contribution in [0.2, 0.25) is 0 Å². The average molecular weight is 245 g/mol. The summed E-state index contributed by atoms with van der Waals surface area (Å²) in [5, 5.41) is 0.954. The van der Waals surface area contributed by atoms with E-state index in [1.165, 1.54) is 20.0 Å². The van der Waals surface area contributed by atoms with E-state index in [1.807, 2.05) is 24.3 Å². The fourth-order valence-electron chi connectivity index (χ4n) is 2.27. The van der Waals surface area contributed by atoms with E-state index >= 15 is 0 Å². The van der Waals surface area contributed by atoms with Gasteiger partial charge in [-0.1, -0.05) is 38.0 Å². The second-order valence-electron chi connectivity index (χ2n) is 4.47. The predicted octanol–water partition coefficient (Wildman–Crippen LogP) is 3.69. The molecule has 2 rings (SSSR count). The van der Waals surface area contributed by atoms with Gasteiger partial charge in [0, 0.05) is 16.6 Å². The largest absolute Gasteiger partial charge is 0.465 e. The number of nitrogens with one attached hydrogen (secondary N) is 1. The molecule has 0 bridgehead atoms. The minimum absolute atomic E-state index is 0.251. The third-order valence-electron chi connectivity index (χ3n) is 3.20. The number of hydrogen-bond acceptors (Lipinski definition) is 2. The van der Waals surface area contributed by atoms with Crippen LogP contribution in [0.5, 0.6) is 0 Å². The molecular weight excluding hydrogens is 226 g/mol. The quantitative estimate of drug-likeness (QED) is 0.645. The van der Waals surface area contributed by atoms with E-state index in [1.54, 1.807) is 0 Å². The molecule has 1 N–H and O–H groups in total. The molecule has 0 saturated carbocycles. The van der Waals surface area contributed by atoms with Gasteiger partial charge in [0.15, 0.2) is 0 Å². The van der Waals surface area contributed by atoms with Crippen molar-refractivity contribution in [2.75, 3.05) is 7.11 Å². The van der Waals surface area contributed by atoms with Crippen LogP contribution in [0.25, 0.3) is 10.9 Å². The number of aryl methyl sites for hydroxylation is 1. The van der Waals surface area contributed by atoms with Gasteiger partial charge in [0.05, 0.1) is 12.7 Å². The number of unbranched alkanes of at least 4 members (excludes halogenated alkanes) is 2. The number of hydrogen-bond donors (Lipinski definition) is 1. The maximum Gasteiger partial charge on any atom is 0.340 e. The van der Waals surface area contributed by atoms with E-state index in [0.717, 1.165) is 29.4 Å². The summed E-state index contributed by atoms with van der Waals surface area (Å²) in [5.74, 6) is -0.251. The summed E-state index contributed by atoms with van der Waals surface area (Å²) >= 11 is 0. The summed E-state index contributed by atoms with van der Waals surface area (Å²) in [7, 11) is 1.43. The molecule has 3 nitrogen and oxygen atoms in total. The van der Waals surface area contributed by atoms with Gasteiger partial charge in [-0.15, -0.1) is 0 Å². The zero-order valence-corrected chi connectivity index (χ0v) is 11.0. The van der Waals surface area contributed by atoms with Crippen molar-refractivity contribution < 1.29 is 9.53 Å². The monoisotopic (exact) mass is 245 g/mol. The Morgan fingerprint density at radius 3 is 2.78 bits per heavy atom. The Hall–Kier alpha value is -1.77. The van der Waals surface area contributed by atoms with Crippen LogP contribution >= 0.6 is 0 Å². The molecule has 3 heteroatoms. The van der Waals surface area contributed by atoms with E-state index in [4.69, 9.17) is 4.74 Å². The van der Waals surface area contributed by atoms with Crippen molar-refractivity contribution in [2.24, 2.45) is 0 Å². The Kier molecular flexibility index (Phi) is 4.03. The van der Waals surface area contributed by atoms with Crippen LogP contribution in [0.4, 0.5) is 0 Å². The molecule has 1 aromatic heterocycles. The first-order valence-corrected chi connectivity index (χ1v) is 6.45. The maximum atomic E-state index is 11.9. The molecule has 0 spiro atoms. The normalized spacial score (nSPS) is 10.8. The lowest BCUT2D eigenvalue weighted by Gasteiger charge is -2.02. The average Bonchev–Trinajstić information content (AvgIpc) is 2.76. The number of benzene rings is 1. The molecule has 96 valence electrons. The van der Waals surface area contributed by atoms with Crippen LogP contribution in [0, 0.1) is 0 Å². The predicted molar refractivity (Wildman–Crippen MR) is 72.9 cm³/mol. The van der Waals surface area contributed by atoms with Crippen molar-refractivity contribution in [3.8, 4) is 0 Å². The van der Waals surface area contributed by atoms with Gasteiger partial charge in [0.25, 0.3) is 0 Å². The maximum absolute atomic E-state index is 11.9. The fraction of sp³-hybridized carbons (Fsp3) is 0.400. The number of esters is 1. The molecule has 0 aliphatic rings. The molecule has 2 aromatic rings. The van der Waals surface area contributed by atoms with Gasteiger partial charge in [-0.25, -0.2) is 4.79 Å². The highest BCUT2D eigenvalue weighted by Crippen LogP contribution is 2.24. The summed E-state index contributed by atoms with van der Waals surface area (Å²) in [5.41, 5.74) is 2.70. The van der Waals surface area contributed by atoms with Crippen molar-refractivity contribution in [2.45, 2.75) is 32.6 Å². The lowest BCUT2D eigenvalue weighted by atomic mass is 10.1. The molecule has 0 saturated heterocycles.